The lowest BCUT2D eigenvalue weighted by molar-refractivity contribution is -0.138. The van der Waals surface area contributed by atoms with E-state index >= 15 is 0 Å². The summed E-state index contributed by atoms with van der Waals surface area (Å²) in [5, 5.41) is 7.23. The van der Waals surface area contributed by atoms with Crippen LogP contribution in [0.3, 0.4) is 0 Å². The first-order valence-electron chi connectivity index (χ1n) is 8.85. The zero-order valence-corrected chi connectivity index (χ0v) is 14.7. The first kappa shape index (κ1) is 17.6. The van der Waals surface area contributed by atoms with Gasteiger partial charge in [0.15, 0.2) is 0 Å². The topological polar surface area (TPSA) is 59.4 Å². The average Bonchev–Trinajstić information content (AvgIpc) is 3.05. The van der Waals surface area contributed by atoms with Crippen LogP contribution in [0.15, 0.2) is 42.7 Å². The maximum absolute atomic E-state index is 12.3. The van der Waals surface area contributed by atoms with E-state index < -0.39 is 0 Å². The van der Waals surface area contributed by atoms with Crippen molar-refractivity contribution in [1.82, 2.24) is 20.0 Å². The van der Waals surface area contributed by atoms with Crippen molar-refractivity contribution in [1.29, 1.82) is 0 Å². The molecule has 1 aromatic carbocycles. The van der Waals surface area contributed by atoms with Crippen molar-refractivity contribution >= 4 is 5.91 Å². The zero-order valence-electron chi connectivity index (χ0n) is 14.7. The number of benzene rings is 1. The second kappa shape index (κ2) is 8.78. The van der Waals surface area contributed by atoms with Gasteiger partial charge in [-0.1, -0.05) is 30.3 Å². The summed E-state index contributed by atoms with van der Waals surface area (Å²) in [5.74, 6) is -0.0191. The van der Waals surface area contributed by atoms with Crippen LogP contribution in [0.5, 0.6) is 0 Å². The lowest BCUT2D eigenvalue weighted by Crippen LogP contribution is -2.49. The number of nitrogens with zero attached hydrogens (tertiary/aromatic N) is 3. The average molecular weight is 342 g/mol. The second-order valence-electron chi connectivity index (χ2n) is 6.51. The number of ether oxygens (including phenoxy) is 1. The minimum absolute atomic E-state index is 0.0191. The number of rotatable bonds is 7. The molecule has 3 rings (SSSR count). The van der Waals surface area contributed by atoms with E-state index in [0.717, 1.165) is 31.6 Å². The van der Waals surface area contributed by atoms with Crippen LogP contribution in [0.25, 0.3) is 0 Å². The lowest BCUT2D eigenvalue weighted by Gasteiger charge is -2.32. The van der Waals surface area contributed by atoms with E-state index in [2.05, 4.69) is 27.4 Å². The molecular formula is C19H26N4O2. The first-order valence-corrected chi connectivity index (χ1v) is 8.85. The van der Waals surface area contributed by atoms with E-state index in [1.165, 1.54) is 5.56 Å². The zero-order chi connectivity index (χ0) is 17.5. The Labute approximate surface area is 148 Å². The highest BCUT2D eigenvalue weighted by Crippen LogP contribution is 2.10. The molecule has 1 fully saturated rings. The molecule has 0 spiro atoms. The molecule has 0 saturated carbocycles. The van der Waals surface area contributed by atoms with E-state index in [1.807, 2.05) is 42.2 Å². The molecule has 2 aromatic rings. The second-order valence-corrected chi connectivity index (χ2v) is 6.51. The van der Waals surface area contributed by atoms with Gasteiger partial charge >= 0.3 is 0 Å². The van der Waals surface area contributed by atoms with Crippen molar-refractivity contribution in [3.8, 4) is 0 Å². The summed E-state index contributed by atoms with van der Waals surface area (Å²) >= 11 is 0. The Morgan fingerprint density at radius 1 is 1.36 bits per heavy atom. The summed E-state index contributed by atoms with van der Waals surface area (Å²) in [6, 6.07) is 10.3. The molecule has 0 unspecified atom stereocenters. The highest BCUT2D eigenvalue weighted by atomic mass is 16.5. The first-order chi connectivity index (χ1) is 12.2. The number of amides is 1. The van der Waals surface area contributed by atoms with Gasteiger partial charge in [0.25, 0.3) is 0 Å². The minimum atomic E-state index is -0.385. The van der Waals surface area contributed by atoms with Gasteiger partial charge in [-0.25, -0.2) is 0 Å². The Morgan fingerprint density at radius 3 is 2.96 bits per heavy atom. The monoisotopic (exact) mass is 342 g/mol. The van der Waals surface area contributed by atoms with Crippen molar-refractivity contribution < 1.29 is 9.53 Å². The Hall–Kier alpha value is -2.18. The van der Waals surface area contributed by atoms with Crippen LogP contribution >= 0.6 is 0 Å². The molecule has 2 heterocycles. The fourth-order valence-electron chi connectivity index (χ4n) is 3.00. The van der Waals surface area contributed by atoms with Crippen LogP contribution in [0.2, 0.25) is 0 Å². The molecule has 1 aliphatic rings. The van der Waals surface area contributed by atoms with Crippen molar-refractivity contribution in [2.45, 2.75) is 32.5 Å². The largest absolute Gasteiger partial charge is 0.366 e. The van der Waals surface area contributed by atoms with E-state index in [9.17, 15) is 4.79 Å². The molecular weight excluding hydrogens is 316 g/mol. The van der Waals surface area contributed by atoms with Crippen LogP contribution in [-0.4, -0.2) is 52.9 Å². The van der Waals surface area contributed by atoms with Crippen molar-refractivity contribution in [2.75, 3.05) is 26.2 Å². The van der Waals surface area contributed by atoms with Crippen molar-refractivity contribution in [2.24, 2.45) is 0 Å². The molecule has 1 N–H and O–H groups in total. The van der Waals surface area contributed by atoms with Crippen LogP contribution < -0.4 is 5.32 Å². The summed E-state index contributed by atoms with van der Waals surface area (Å²) in [7, 11) is 0. The SMILES string of the molecule is Cc1cnn(CCCNC(=O)[C@@H]2CN(Cc3ccccc3)CCO2)c1. The summed E-state index contributed by atoms with van der Waals surface area (Å²) in [4.78, 5) is 14.6. The van der Waals surface area contributed by atoms with Gasteiger partial charge in [-0.3, -0.25) is 14.4 Å². The van der Waals surface area contributed by atoms with Crippen molar-refractivity contribution in [3.05, 3.63) is 53.9 Å². The van der Waals surface area contributed by atoms with E-state index in [-0.39, 0.29) is 12.0 Å². The maximum Gasteiger partial charge on any atom is 0.250 e. The molecule has 1 aromatic heterocycles. The Balaban J connectivity index is 1.39. The van der Waals surface area contributed by atoms with Gasteiger partial charge < -0.3 is 10.1 Å². The normalized spacial score (nSPS) is 18.2. The summed E-state index contributed by atoms with van der Waals surface area (Å²) < 4.78 is 7.56. The van der Waals surface area contributed by atoms with Crippen LogP contribution in [-0.2, 0) is 22.6 Å². The summed E-state index contributed by atoms with van der Waals surface area (Å²) in [5.41, 5.74) is 2.41. The molecule has 134 valence electrons. The molecule has 0 radical (unpaired) electrons. The van der Waals surface area contributed by atoms with Gasteiger partial charge in [-0.05, 0) is 24.5 Å². The number of hydrogen-bond acceptors (Lipinski definition) is 4. The highest BCUT2D eigenvalue weighted by molar-refractivity contribution is 5.81. The number of carbonyl (C=O) groups excluding carboxylic acids is 1. The Bertz CT molecular complexity index is 671. The number of hydrogen-bond donors (Lipinski definition) is 1. The summed E-state index contributed by atoms with van der Waals surface area (Å²) in [6.45, 7) is 6.41. The van der Waals surface area contributed by atoms with E-state index in [1.54, 1.807) is 0 Å². The Kier molecular flexibility index (Phi) is 6.19. The lowest BCUT2D eigenvalue weighted by atomic mass is 10.2. The minimum Gasteiger partial charge on any atom is -0.366 e. The third-order valence-corrected chi connectivity index (χ3v) is 4.32. The van der Waals surface area contributed by atoms with Gasteiger partial charge in [0, 0.05) is 38.9 Å². The number of carbonyl (C=O) groups is 1. The van der Waals surface area contributed by atoms with Gasteiger partial charge in [-0.2, -0.15) is 5.10 Å². The highest BCUT2D eigenvalue weighted by Gasteiger charge is 2.26. The fraction of sp³-hybridized carbons (Fsp3) is 0.474. The quantitative estimate of drug-likeness (QED) is 0.777. The maximum atomic E-state index is 12.3. The third-order valence-electron chi connectivity index (χ3n) is 4.32. The Morgan fingerprint density at radius 2 is 2.20 bits per heavy atom. The molecule has 6 heteroatoms. The van der Waals surface area contributed by atoms with E-state index in [4.69, 9.17) is 4.74 Å². The molecule has 6 nitrogen and oxygen atoms in total. The molecule has 1 aliphatic heterocycles. The third kappa shape index (κ3) is 5.41. The number of morpholine rings is 1. The van der Waals surface area contributed by atoms with Gasteiger partial charge in [0.1, 0.15) is 6.10 Å². The number of aryl methyl sites for hydroxylation is 2. The number of nitrogens with one attached hydrogen (secondary N) is 1. The summed E-state index contributed by atoms with van der Waals surface area (Å²) in [6.07, 6.45) is 4.32. The van der Waals surface area contributed by atoms with Gasteiger partial charge in [0.2, 0.25) is 5.91 Å². The van der Waals surface area contributed by atoms with Crippen LogP contribution in [0.4, 0.5) is 0 Å². The van der Waals surface area contributed by atoms with Crippen LogP contribution in [0, 0.1) is 6.92 Å². The molecule has 0 aliphatic carbocycles. The molecule has 1 saturated heterocycles. The smallest absolute Gasteiger partial charge is 0.250 e. The van der Waals surface area contributed by atoms with Crippen molar-refractivity contribution in [3.63, 3.8) is 0 Å². The van der Waals surface area contributed by atoms with E-state index in [0.29, 0.717) is 19.7 Å². The predicted octanol–water partition coefficient (Wildman–Crippen LogP) is 1.60. The number of aromatic nitrogens is 2. The predicted molar refractivity (Wildman–Crippen MR) is 96.0 cm³/mol. The fourth-order valence-corrected chi connectivity index (χ4v) is 3.00. The molecule has 0 bridgehead atoms. The molecule has 1 atom stereocenters. The standard InChI is InChI=1S/C19H26N4O2/c1-16-12-21-23(13-16)9-5-8-20-19(24)18-15-22(10-11-25-18)14-17-6-3-2-4-7-17/h2-4,6-7,12-13,18H,5,8-11,14-15H2,1H3,(H,20,24)/t18-/m0/s1. The van der Waals surface area contributed by atoms with Gasteiger partial charge in [0.05, 0.1) is 12.8 Å². The molecule has 25 heavy (non-hydrogen) atoms. The van der Waals surface area contributed by atoms with Crippen LogP contribution in [0.1, 0.15) is 17.5 Å². The molecule has 1 amide bonds. The van der Waals surface area contributed by atoms with Gasteiger partial charge in [-0.15, -0.1) is 0 Å².